The molecule has 0 atom stereocenters. The minimum Gasteiger partial charge on any atom is -0.258 e. The highest BCUT2D eigenvalue weighted by Crippen LogP contribution is 2.35. The maximum atomic E-state index is 11.9. The molecule has 104 valence electrons. The Labute approximate surface area is 110 Å². The minimum atomic E-state index is -3.84. The summed E-state index contributed by atoms with van der Waals surface area (Å²) in [5.74, 6) is -0.445. The van der Waals surface area contributed by atoms with Crippen LogP contribution in [0.3, 0.4) is 0 Å². The maximum Gasteiger partial charge on any atom is 0.269 e. The van der Waals surface area contributed by atoms with Crippen LogP contribution in [-0.2, 0) is 19.7 Å². The highest BCUT2D eigenvalue weighted by atomic mass is 32.3. The van der Waals surface area contributed by atoms with Crippen molar-refractivity contribution >= 4 is 25.4 Å². The van der Waals surface area contributed by atoms with Gasteiger partial charge in [0.15, 0.2) is 24.3 Å². The van der Waals surface area contributed by atoms with E-state index in [1.807, 2.05) is 0 Å². The van der Waals surface area contributed by atoms with E-state index in [0.29, 0.717) is 0 Å². The van der Waals surface area contributed by atoms with Gasteiger partial charge in [0.25, 0.3) is 5.69 Å². The average Bonchev–Trinajstić information content (AvgIpc) is 2.26. The van der Waals surface area contributed by atoms with Gasteiger partial charge in [0, 0.05) is 12.1 Å². The molecular weight excluding hydrogens is 294 g/mol. The van der Waals surface area contributed by atoms with Gasteiger partial charge in [-0.3, -0.25) is 10.1 Å². The standard InChI is InChI=1S/C10H11NO6S2/c12-11(13)9-4-1-3-8(7-9)10-18(14,15)5-2-6-19(10,16)17/h1,3-4,7,10H,2,5-6H2. The number of non-ortho nitro benzene ring substituents is 1. The molecule has 0 unspecified atom stereocenters. The average molecular weight is 305 g/mol. The van der Waals surface area contributed by atoms with E-state index in [1.165, 1.54) is 18.2 Å². The molecule has 0 aliphatic carbocycles. The molecule has 1 aromatic carbocycles. The van der Waals surface area contributed by atoms with Crippen molar-refractivity contribution in [1.82, 2.24) is 0 Å². The lowest BCUT2D eigenvalue weighted by Gasteiger charge is -2.22. The lowest BCUT2D eigenvalue weighted by atomic mass is 10.2. The second kappa shape index (κ2) is 4.57. The summed E-state index contributed by atoms with van der Waals surface area (Å²) in [6, 6.07) is 4.77. The molecule has 9 heteroatoms. The van der Waals surface area contributed by atoms with Crippen molar-refractivity contribution < 1.29 is 21.8 Å². The van der Waals surface area contributed by atoms with Crippen molar-refractivity contribution in [3.63, 3.8) is 0 Å². The Kier molecular flexibility index (Phi) is 3.35. The first kappa shape index (κ1) is 13.9. The molecule has 1 fully saturated rings. The third kappa shape index (κ3) is 2.61. The van der Waals surface area contributed by atoms with E-state index in [9.17, 15) is 26.9 Å². The first-order valence-electron chi connectivity index (χ1n) is 5.41. The summed E-state index contributed by atoms with van der Waals surface area (Å²) in [4.78, 5) is 9.98. The molecule has 1 aromatic rings. The van der Waals surface area contributed by atoms with E-state index in [1.54, 1.807) is 0 Å². The fourth-order valence-corrected chi connectivity index (χ4v) is 7.29. The largest absolute Gasteiger partial charge is 0.269 e. The summed E-state index contributed by atoms with van der Waals surface area (Å²) in [7, 11) is -7.67. The maximum absolute atomic E-state index is 11.9. The molecule has 0 radical (unpaired) electrons. The van der Waals surface area contributed by atoms with Gasteiger partial charge < -0.3 is 0 Å². The Morgan fingerprint density at radius 3 is 2.21 bits per heavy atom. The second-order valence-electron chi connectivity index (χ2n) is 4.27. The second-order valence-corrected chi connectivity index (χ2v) is 8.98. The topological polar surface area (TPSA) is 111 Å². The van der Waals surface area contributed by atoms with Crippen molar-refractivity contribution in [2.75, 3.05) is 11.5 Å². The van der Waals surface area contributed by atoms with Gasteiger partial charge in [0.05, 0.1) is 16.4 Å². The van der Waals surface area contributed by atoms with E-state index in [2.05, 4.69) is 0 Å². The fraction of sp³-hybridized carbons (Fsp3) is 0.400. The monoisotopic (exact) mass is 305 g/mol. The quantitative estimate of drug-likeness (QED) is 0.591. The van der Waals surface area contributed by atoms with Crippen molar-refractivity contribution in [2.24, 2.45) is 0 Å². The lowest BCUT2D eigenvalue weighted by molar-refractivity contribution is -0.384. The zero-order chi connectivity index (χ0) is 14.3. The van der Waals surface area contributed by atoms with Crippen LogP contribution in [0.25, 0.3) is 0 Å². The number of sulfone groups is 2. The molecule has 2 rings (SSSR count). The molecule has 0 bridgehead atoms. The van der Waals surface area contributed by atoms with Gasteiger partial charge >= 0.3 is 0 Å². The molecule has 1 aliphatic rings. The molecule has 0 amide bonds. The highest BCUT2D eigenvalue weighted by molar-refractivity contribution is 8.09. The third-order valence-corrected chi connectivity index (χ3v) is 8.19. The Morgan fingerprint density at radius 2 is 1.68 bits per heavy atom. The predicted molar refractivity (Wildman–Crippen MR) is 68.0 cm³/mol. The molecular formula is C10H11NO6S2. The van der Waals surface area contributed by atoms with Gasteiger partial charge in [-0.25, -0.2) is 16.8 Å². The van der Waals surface area contributed by atoms with Crippen LogP contribution in [-0.4, -0.2) is 33.3 Å². The van der Waals surface area contributed by atoms with E-state index in [0.717, 1.165) is 6.07 Å². The van der Waals surface area contributed by atoms with Crippen molar-refractivity contribution in [3.05, 3.63) is 39.9 Å². The summed E-state index contributed by atoms with van der Waals surface area (Å²) in [6.45, 7) is 0. The lowest BCUT2D eigenvalue weighted by Crippen LogP contribution is -2.32. The van der Waals surface area contributed by atoms with Crippen LogP contribution in [0.5, 0.6) is 0 Å². The zero-order valence-corrected chi connectivity index (χ0v) is 11.4. The van der Waals surface area contributed by atoms with Crippen LogP contribution in [0.4, 0.5) is 5.69 Å². The first-order chi connectivity index (χ1) is 8.74. The van der Waals surface area contributed by atoms with Crippen molar-refractivity contribution in [2.45, 2.75) is 11.0 Å². The predicted octanol–water partition coefficient (Wildman–Crippen LogP) is 0.827. The van der Waals surface area contributed by atoms with Crippen LogP contribution in [0.2, 0.25) is 0 Å². The summed E-state index contributed by atoms with van der Waals surface area (Å²) in [5, 5.41) is 10.7. The molecule has 1 saturated heterocycles. The SMILES string of the molecule is O=[N+]([O-])c1cccc(C2S(=O)(=O)CCCS2(=O)=O)c1. The number of hydrogen-bond acceptors (Lipinski definition) is 6. The molecule has 7 nitrogen and oxygen atoms in total. The number of nitrogens with zero attached hydrogens (tertiary/aromatic N) is 1. The molecule has 1 aliphatic heterocycles. The van der Waals surface area contributed by atoms with Gasteiger partial charge in [0.2, 0.25) is 0 Å². The molecule has 19 heavy (non-hydrogen) atoms. The van der Waals surface area contributed by atoms with Gasteiger partial charge in [-0.05, 0) is 12.0 Å². The zero-order valence-electron chi connectivity index (χ0n) is 9.72. The molecule has 0 N–H and O–H groups in total. The fourth-order valence-electron chi connectivity index (χ4n) is 2.10. The number of hydrogen-bond donors (Lipinski definition) is 0. The van der Waals surface area contributed by atoms with Crippen molar-refractivity contribution in [1.29, 1.82) is 0 Å². The Morgan fingerprint density at radius 1 is 1.11 bits per heavy atom. The van der Waals surface area contributed by atoms with E-state index < -0.39 is 29.2 Å². The normalized spacial score (nSPS) is 21.9. The number of nitro groups is 1. The van der Waals surface area contributed by atoms with Crippen LogP contribution in [0.15, 0.2) is 24.3 Å². The van der Waals surface area contributed by atoms with Crippen LogP contribution >= 0.6 is 0 Å². The number of rotatable bonds is 2. The summed E-state index contributed by atoms with van der Waals surface area (Å²) in [5.41, 5.74) is -0.387. The van der Waals surface area contributed by atoms with E-state index in [4.69, 9.17) is 0 Å². The van der Waals surface area contributed by atoms with Crippen molar-refractivity contribution in [3.8, 4) is 0 Å². The Balaban J connectivity index is 2.61. The van der Waals surface area contributed by atoms with Gasteiger partial charge in [-0.15, -0.1) is 0 Å². The summed E-state index contributed by atoms with van der Waals surface area (Å²) in [6.07, 6.45) is 0.0656. The summed E-state index contributed by atoms with van der Waals surface area (Å²) >= 11 is 0. The first-order valence-corrected chi connectivity index (χ1v) is 8.85. The molecule has 0 saturated carbocycles. The van der Waals surface area contributed by atoms with Gasteiger partial charge in [0.1, 0.15) is 0 Å². The third-order valence-electron chi connectivity index (χ3n) is 2.86. The Bertz CT molecular complexity index is 688. The van der Waals surface area contributed by atoms with Gasteiger partial charge in [-0.2, -0.15) is 0 Å². The minimum absolute atomic E-state index is 0.0612. The van der Waals surface area contributed by atoms with E-state index in [-0.39, 0.29) is 29.2 Å². The molecule has 0 aromatic heterocycles. The number of benzene rings is 1. The van der Waals surface area contributed by atoms with E-state index >= 15 is 0 Å². The van der Waals surface area contributed by atoms with Gasteiger partial charge in [-0.1, -0.05) is 12.1 Å². The smallest absolute Gasteiger partial charge is 0.258 e. The molecule has 0 spiro atoms. The highest BCUT2D eigenvalue weighted by Gasteiger charge is 2.42. The summed E-state index contributed by atoms with van der Waals surface area (Å²) < 4.78 is 46.0. The molecule has 1 heterocycles. The van der Waals surface area contributed by atoms with Crippen LogP contribution < -0.4 is 0 Å². The van der Waals surface area contributed by atoms with Crippen LogP contribution in [0.1, 0.15) is 16.6 Å². The van der Waals surface area contributed by atoms with Crippen LogP contribution in [0, 0.1) is 10.1 Å². The Hall–Kier alpha value is -1.48. The number of nitro benzene ring substituents is 1.